The highest BCUT2D eigenvalue weighted by Gasteiger charge is 2.14. The Balaban J connectivity index is 1.82. The molecule has 2 aromatic heterocycles. The lowest BCUT2D eigenvalue weighted by Gasteiger charge is -2.16. The number of carbonyl (C=O) groups excluding carboxylic acids is 1. The van der Waals surface area contributed by atoms with Gasteiger partial charge < -0.3 is 5.32 Å². The van der Waals surface area contributed by atoms with Gasteiger partial charge in [0, 0.05) is 30.7 Å². The van der Waals surface area contributed by atoms with Crippen LogP contribution in [0.4, 0.5) is 0 Å². The van der Waals surface area contributed by atoms with Gasteiger partial charge in [-0.15, -0.1) is 0 Å². The molecule has 0 spiro atoms. The van der Waals surface area contributed by atoms with E-state index in [1.165, 1.54) is 11.1 Å². The van der Waals surface area contributed by atoms with Gasteiger partial charge in [0.2, 0.25) is 5.91 Å². The molecule has 2 heterocycles. The molecule has 0 radical (unpaired) electrons. The Morgan fingerprint density at radius 2 is 1.90 bits per heavy atom. The minimum atomic E-state index is 0.0594. The molecular formula is C26H32N4O. The number of carbonyl (C=O) groups is 1. The fourth-order valence-electron chi connectivity index (χ4n) is 3.97. The molecule has 3 rings (SSSR count). The van der Waals surface area contributed by atoms with Gasteiger partial charge in [0.05, 0.1) is 24.0 Å². The lowest BCUT2D eigenvalue weighted by molar-refractivity contribution is -0.120. The largest absolute Gasteiger partial charge is 0.356 e. The summed E-state index contributed by atoms with van der Waals surface area (Å²) in [6.45, 7) is 6.91. The molecule has 0 saturated heterocycles. The molecule has 1 amide bonds. The first-order valence-corrected chi connectivity index (χ1v) is 11.2. The lowest BCUT2D eigenvalue weighted by Crippen LogP contribution is -2.24. The van der Waals surface area contributed by atoms with Gasteiger partial charge in [-0.3, -0.25) is 14.8 Å². The van der Waals surface area contributed by atoms with Crippen LogP contribution < -0.4 is 5.32 Å². The number of amides is 1. The van der Waals surface area contributed by atoms with E-state index < -0.39 is 0 Å². The second-order valence-corrected chi connectivity index (χ2v) is 7.84. The molecule has 0 bridgehead atoms. The third kappa shape index (κ3) is 6.20. The molecule has 5 nitrogen and oxygen atoms in total. The van der Waals surface area contributed by atoms with E-state index in [1.54, 1.807) is 0 Å². The summed E-state index contributed by atoms with van der Waals surface area (Å²) in [4.78, 5) is 25.7. The Kier molecular flexibility index (Phi) is 8.27. The summed E-state index contributed by atoms with van der Waals surface area (Å²) in [5, 5.41) is 2.88. The Morgan fingerprint density at radius 3 is 2.61 bits per heavy atom. The Morgan fingerprint density at radius 1 is 1.03 bits per heavy atom. The summed E-state index contributed by atoms with van der Waals surface area (Å²) in [6.07, 6.45) is 11.8. The first-order chi connectivity index (χ1) is 15.1. The molecule has 0 saturated carbocycles. The number of aromatic nitrogens is 3. The maximum Gasteiger partial charge on any atom is 0.224 e. The Labute approximate surface area is 185 Å². The van der Waals surface area contributed by atoms with Gasteiger partial charge in [0.15, 0.2) is 0 Å². The second-order valence-electron chi connectivity index (χ2n) is 7.84. The number of hydrogen-bond donors (Lipinski definition) is 1. The van der Waals surface area contributed by atoms with Gasteiger partial charge in [-0.2, -0.15) is 0 Å². The zero-order valence-corrected chi connectivity index (χ0v) is 18.8. The van der Waals surface area contributed by atoms with Crippen LogP contribution in [0.25, 0.3) is 11.3 Å². The topological polar surface area (TPSA) is 67.8 Å². The number of nitrogens with zero attached hydrogens (tertiary/aromatic N) is 3. The van der Waals surface area contributed by atoms with Crippen LogP contribution in [0, 0.1) is 0 Å². The summed E-state index contributed by atoms with van der Waals surface area (Å²) in [7, 11) is 0. The van der Waals surface area contributed by atoms with Gasteiger partial charge in [0.25, 0.3) is 0 Å². The van der Waals surface area contributed by atoms with E-state index in [9.17, 15) is 4.79 Å². The van der Waals surface area contributed by atoms with Gasteiger partial charge >= 0.3 is 0 Å². The summed E-state index contributed by atoms with van der Waals surface area (Å²) in [6, 6.07) is 10.4. The molecule has 0 fully saturated rings. The maximum absolute atomic E-state index is 12.0. The molecule has 0 aliphatic carbocycles. The number of likely N-dealkylation sites (N-methyl/N-ethyl adjacent to an activating group) is 1. The fraction of sp³-hybridized carbons (Fsp3) is 0.385. The van der Waals surface area contributed by atoms with Crippen molar-refractivity contribution in [2.75, 3.05) is 6.54 Å². The second kappa shape index (κ2) is 11.3. The minimum absolute atomic E-state index is 0.0594. The Bertz CT molecular complexity index is 988. The van der Waals surface area contributed by atoms with Crippen molar-refractivity contribution in [3.8, 4) is 11.3 Å². The van der Waals surface area contributed by atoms with Crippen LogP contribution >= 0.6 is 0 Å². The monoisotopic (exact) mass is 416 g/mol. The quantitative estimate of drug-likeness (QED) is 0.510. The van der Waals surface area contributed by atoms with Crippen molar-refractivity contribution >= 4 is 5.91 Å². The van der Waals surface area contributed by atoms with Crippen molar-refractivity contribution in [2.24, 2.45) is 0 Å². The van der Waals surface area contributed by atoms with Crippen LogP contribution in [-0.4, -0.2) is 27.4 Å². The fourth-order valence-corrected chi connectivity index (χ4v) is 3.97. The molecule has 1 N–H and O–H groups in total. The van der Waals surface area contributed by atoms with Gasteiger partial charge in [-0.1, -0.05) is 38.5 Å². The smallest absolute Gasteiger partial charge is 0.224 e. The van der Waals surface area contributed by atoms with Gasteiger partial charge in [-0.25, -0.2) is 4.98 Å². The van der Waals surface area contributed by atoms with Crippen LogP contribution in [-0.2, 0) is 24.1 Å². The van der Waals surface area contributed by atoms with E-state index in [0.29, 0.717) is 18.9 Å². The van der Waals surface area contributed by atoms with Crippen LogP contribution in [0.2, 0.25) is 0 Å². The third-order valence-electron chi connectivity index (χ3n) is 5.54. The number of hydrogen-bond acceptors (Lipinski definition) is 4. The molecular weight excluding hydrogens is 384 g/mol. The third-order valence-corrected chi connectivity index (χ3v) is 5.54. The molecule has 1 aromatic carbocycles. The lowest BCUT2D eigenvalue weighted by atomic mass is 9.91. The molecule has 1 unspecified atom stereocenters. The number of pyridine rings is 1. The highest BCUT2D eigenvalue weighted by Crippen LogP contribution is 2.26. The summed E-state index contributed by atoms with van der Waals surface area (Å²) in [5.74, 6) is 0.443. The zero-order valence-electron chi connectivity index (χ0n) is 18.8. The van der Waals surface area contributed by atoms with Crippen molar-refractivity contribution in [3.05, 3.63) is 77.5 Å². The SMILES string of the molecule is CCCC(Cc1cncc(-c2ccc(CC(=O)NCC)c(CC)c2)n1)c1cccnc1. The van der Waals surface area contributed by atoms with Gasteiger partial charge in [0.1, 0.15) is 0 Å². The van der Waals surface area contributed by atoms with E-state index in [4.69, 9.17) is 4.98 Å². The van der Waals surface area contributed by atoms with E-state index in [-0.39, 0.29) is 5.91 Å². The first-order valence-electron chi connectivity index (χ1n) is 11.2. The molecule has 0 aliphatic rings. The summed E-state index contributed by atoms with van der Waals surface area (Å²) < 4.78 is 0. The average Bonchev–Trinajstić information content (AvgIpc) is 2.80. The van der Waals surface area contributed by atoms with Crippen molar-refractivity contribution in [1.82, 2.24) is 20.3 Å². The van der Waals surface area contributed by atoms with Crippen molar-refractivity contribution in [2.45, 2.75) is 58.8 Å². The molecule has 162 valence electrons. The minimum Gasteiger partial charge on any atom is -0.356 e. The standard InChI is InChI=1S/C26H32N4O/c1-4-8-20(23-9-7-12-27-16-23)14-24-17-28-18-25(30-24)22-11-10-21(19(5-2)13-22)15-26(31)29-6-3/h7,9-13,16-18,20H,4-6,8,14-15H2,1-3H3,(H,29,31). The summed E-state index contributed by atoms with van der Waals surface area (Å²) >= 11 is 0. The molecule has 0 aliphatic heterocycles. The van der Waals surface area contributed by atoms with Crippen LogP contribution in [0.15, 0.2) is 55.1 Å². The molecule has 1 atom stereocenters. The number of aryl methyl sites for hydroxylation is 1. The van der Waals surface area contributed by atoms with Crippen LogP contribution in [0.1, 0.15) is 61.9 Å². The summed E-state index contributed by atoms with van der Waals surface area (Å²) in [5.41, 5.74) is 6.40. The van der Waals surface area contributed by atoms with Crippen molar-refractivity contribution < 1.29 is 4.79 Å². The molecule has 31 heavy (non-hydrogen) atoms. The van der Waals surface area contributed by atoms with Crippen molar-refractivity contribution in [1.29, 1.82) is 0 Å². The van der Waals surface area contributed by atoms with Crippen molar-refractivity contribution in [3.63, 3.8) is 0 Å². The van der Waals surface area contributed by atoms with E-state index in [0.717, 1.165) is 48.2 Å². The van der Waals surface area contributed by atoms with Gasteiger partial charge in [-0.05, 0) is 60.9 Å². The highest BCUT2D eigenvalue weighted by molar-refractivity contribution is 5.79. The first kappa shape index (κ1) is 22.6. The van der Waals surface area contributed by atoms with Crippen LogP contribution in [0.5, 0.6) is 0 Å². The van der Waals surface area contributed by atoms with Crippen LogP contribution in [0.3, 0.4) is 0 Å². The zero-order chi connectivity index (χ0) is 22.1. The number of nitrogens with one attached hydrogen (secondary N) is 1. The number of rotatable bonds is 10. The predicted molar refractivity (Wildman–Crippen MR) is 125 cm³/mol. The van der Waals surface area contributed by atoms with E-state index in [1.807, 2.05) is 49.9 Å². The Hall–Kier alpha value is -3.08. The molecule has 5 heteroatoms. The average molecular weight is 417 g/mol. The highest BCUT2D eigenvalue weighted by atomic mass is 16.1. The van der Waals surface area contributed by atoms with E-state index in [2.05, 4.69) is 41.3 Å². The van der Waals surface area contributed by atoms with E-state index >= 15 is 0 Å². The normalized spacial score (nSPS) is 11.8. The predicted octanol–water partition coefficient (Wildman–Crippen LogP) is 4.91. The maximum atomic E-state index is 12.0. The molecule has 3 aromatic rings. The number of benzene rings is 1.